The highest BCUT2D eigenvalue weighted by Gasteiger charge is 2.33. The van der Waals surface area contributed by atoms with E-state index in [1.54, 1.807) is 12.1 Å². The second-order valence-electron chi connectivity index (χ2n) is 5.11. The summed E-state index contributed by atoms with van der Waals surface area (Å²) >= 11 is 0. The summed E-state index contributed by atoms with van der Waals surface area (Å²) < 4.78 is 41.0. The van der Waals surface area contributed by atoms with E-state index in [1.807, 2.05) is 7.05 Å². The largest absolute Gasteiger partial charge is 0.316 e. The summed E-state index contributed by atoms with van der Waals surface area (Å²) in [6.45, 7) is 0.846. The van der Waals surface area contributed by atoms with E-state index in [4.69, 9.17) is 0 Å². The first-order valence-corrected chi connectivity index (χ1v) is 8.17. The lowest BCUT2D eigenvalue weighted by atomic mass is 10.2. The first-order valence-electron chi connectivity index (χ1n) is 6.73. The molecule has 1 aromatic carbocycles. The van der Waals surface area contributed by atoms with Crippen molar-refractivity contribution in [2.24, 2.45) is 0 Å². The number of fused-ring (bicyclic) bond motifs is 1. The third kappa shape index (κ3) is 2.81. The summed E-state index contributed by atoms with van der Waals surface area (Å²) in [6.07, 6.45) is 3.27. The molecule has 1 atom stereocenters. The van der Waals surface area contributed by atoms with Crippen molar-refractivity contribution in [1.29, 1.82) is 0 Å². The minimum Gasteiger partial charge on any atom is -0.316 e. The zero-order chi connectivity index (χ0) is 15.0. The van der Waals surface area contributed by atoms with E-state index in [-0.39, 0.29) is 28.7 Å². The monoisotopic (exact) mass is 345 g/mol. The van der Waals surface area contributed by atoms with Gasteiger partial charge in [0.25, 0.3) is 0 Å². The Balaban J connectivity index is 0.00000176. The molecule has 0 bridgehead atoms. The quantitative estimate of drug-likeness (QED) is 0.921. The lowest BCUT2D eigenvalue weighted by Gasteiger charge is -2.18. The molecule has 1 aliphatic heterocycles. The van der Waals surface area contributed by atoms with Crippen LogP contribution in [0, 0.1) is 5.82 Å². The van der Waals surface area contributed by atoms with Gasteiger partial charge in [-0.3, -0.25) is 4.98 Å². The number of hydrogen-bond donors (Lipinski definition) is 1. The molecule has 0 saturated carbocycles. The molecule has 1 aliphatic rings. The maximum atomic E-state index is 14.0. The lowest BCUT2D eigenvalue weighted by Crippen LogP contribution is -2.33. The normalized spacial score (nSPS) is 19.3. The molecule has 0 aliphatic carbocycles. The fraction of sp³-hybridized carbons (Fsp3) is 0.357. The maximum absolute atomic E-state index is 14.0. The number of pyridine rings is 1. The number of benzene rings is 1. The van der Waals surface area contributed by atoms with E-state index in [9.17, 15) is 12.8 Å². The van der Waals surface area contributed by atoms with Crippen LogP contribution < -0.4 is 5.32 Å². The number of hydrogen-bond acceptors (Lipinski definition) is 4. The summed E-state index contributed by atoms with van der Waals surface area (Å²) in [5.74, 6) is -0.615. The summed E-state index contributed by atoms with van der Waals surface area (Å²) in [4.78, 5) is 3.78. The van der Waals surface area contributed by atoms with Crippen LogP contribution in [-0.2, 0) is 10.0 Å². The van der Waals surface area contributed by atoms with Crippen molar-refractivity contribution in [3.8, 4) is 0 Å². The van der Waals surface area contributed by atoms with Crippen LogP contribution in [0.25, 0.3) is 10.8 Å². The Morgan fingerprint density at radius 2 is 2.14 bits per heavy atom. The van der Waals surface area contributed by atoms with Crippen LogP contribution in [0.3, 0.4) is 0 Å². The molecule has 1 unspecified atom stereocenters. The first kappa shape index (κ1) is 17.1. The molecule has 1 N–H and O–H groups in total. The molecule has 0 spiro atoms. The second-order valence-corrected chi connectivity index (χ2v) is 7.02. The van der Waals surface area contributed by atoms with Crippen molar-refractivity contribution >= 4 is 33.2 Å². The van der Waals surface area contributed by atoms with Crippen LogP contribution in [0.4, 0.5) is 4.39 Å². The van der Waals surface area contributed by atoms with E-state index in [2.05, 4.69) is 10.3 Å². The van der Waals surface area contributed by atoms with E-state index < -0.39 is 15.8 Å². The van der Waals surface area contributed by atoms with Gasteiger partial charge in [-0.05, 0) is 19.5 Å². The summed E-state index contributed by atoms with van der Waals surface area (Å²) in [5.41, 5.74) is 0. The van der Waals surface area contributed by atoms with Crippen molar-refractivity contribution in [3.63, 3.8) is 0 Å². The van der Waals surface area contributed by atoms with E-state index >= 15 is 0 Å². The average Bonchev–Trinajstić information content (AvgIpc) is 2.97. The number of halogens is 2. The SMILES string of the molecule is CNC1CCN(S(=O)(=O)c2cccc3cncc(F)c23)C1.Cl. The molecule has 8 heteroatoms. The van der Waals surface area contributed by atoms with Crippen LogP contribution in [0.1, 0.15) is 6.42 Å². The highest BCUT2D eigenvalue weighted by molar-refractivity contribution is 7.89. The van der Waals surface area contributed by atoms with Gasteiger partial charge in [-0.2, -0.15) is 4.31 Å². The van der Waals surface area contributed by atoms with Gasteiger partial charge in [0.05, 0.1) is 11.1 Å². The van der Waals surface area contributed by atoms with Gasteiger partial charge in [0.15, 0.2) is 5.82 Å². The first-order chi connectivity index (χ1) is 10.0. The Morgan fingerprint density at radius 3 is 2.82 bits per heavy atom. The maximum Gasteiger partial charge on any atom is 0.243 e. The number of rotatable bonds is 3. The molecular weight excluding hydrogens is 329 g/mol. The van der Waals surface area contributed by atoms with Gasteiger partial charge in [0.2, 0.25) is 10.0 Å². The smallest absolute Gasteiger partial charge is 0.243 e. The fourth-order valence-corrected chi connectivity index (χ4v) is 4.42. The summed E-state index contributed by atoms with van der Waals surface area (Å²) in [5, 5.41) is 3.67. The van der Waals surface area contributed by atoms with Gasteiger partial charge in [0, 0.05) is 36.1 Å². The van der Waals surface area contributed by atoms with E-state index in [0.717, 1.165) is 12.6 Å². The van der Waals surface area contributed by atoms with Gasteiger partial charge in [0.1, 0.15) is 0 Å². The van der Waals surface area contributed by atoms with Crippen molar-refractivity contribution in [2.45, 2.75) is 17.4 Å². The predicted octanol–water partition coefficient (Wildman–Crippen LogP) is 1.78. The third-order valence-corrected chi connectivity index (χ3v) is 5.78. The number of nitrogens with one attached hydrogen (secondary N) is 1. The molecule has 2 heterocycles. The van der Waals surface area contributed by atoms with Crippen molar-refractivity contribution in [1.82, 2.24) is 14.6 Å². The second kappa shape index (κ2) is 6.45. The van der Waals surface area contributed by atoms with Gasteiger partial charge >= 0.3 is 0 Å². The Morgan fingerprint density at radius 1 is 1.36 bits per heavy atom. The van der Waals surface area contributed by atoms with Crippen molar-refractivity contribution < 1.29 is 12.8 Å². The van der Waals surface area contributed by atoms with Crippen LogP contribution in [0.2, 0.25) is 0 Å². The molecular formula is C14H17ClFN3O2S. The highest BCUT2D eigenvalue weighted by atomic mass is 35.5. The zero-order valence-electron chi connectivity index (χ0n) is 12.0. The molecule has 0 radical (unpaired) electrons. The zero-order valence-corrected chi connectivity index (χ0v) is 13.6. The van der Waals surface area contributed by atoms with E-state index in [0.29, 0.717) is 18.5 Å². The molecule has 1 aromatic heterocycles. The van der Waals surface area contributed by atoms with E-state index in [1.165, 1.54) is 16.6 Å². The standard InChI is InChI=1S/C14H16FN3O2S.ClH/c1-16-11-5-6-18(9-11)21(19,20)13-4-2-3-10-7-17-8-12(15)14(10)13;/h2-4,7-8,11,16H,5-6,9H2,1H3;1H. The topological polar surface area (TPSA) is 62.3 Å². The molecule has 5 nitrogen and oxygen atoms in total. The molecule has 120 valence electrons. The summed E-state index contributed by atoms with van der Waals surface area (Å²) in [6, 6.07) is 4.86. The van der Waals surface area contributed by atoms with Gasteiger partial charge in [-0.15, -0.1) is 12.4 Å². The van der Waals surface area contributed by atoms with Crippen LogP contribution in [-0.4, -0.2) is 43.9 Å². The Hall–Kier alpha value is -1.28. The molecule has 22 heavy (non-hydrogen) atoms. The van der Waals surface area contributed by atoms with Crippen LogP contribution in [0.15, 0.2) is 35.5 Å². The third-order valence-electron chi connectivity index (χ3n) is 3.88. The average molecular weight is 346 g/mol. The van der Waals surface area contributed by atoms with Crippen LogP contribution >= 0.6 is 12.4 Å². The molecule has 2 aromatic rings. The Kier molecular flexibility index (Phi) is 5.01. The lowest BCUT2D eigenvalue weighted by molar-refractivity contribution is 0.465. The summed E-state index contributed by atoms with van der Waals surface area (Å²) in [7, 11) is -1.90. The van der Waals surface area contributed by atoms with Crippen molar-refractivity contribution in [2.75, 3.05) is 20.1 Å². The van der Waals surface area contributed by atoms with Crippen molar-refractivity contribution in [3.05, 3.63) is 36.4 Å². The molecule has 1 fully saturated rings. The van der Waals surface area contributed by atoms with Gasteiger partial charge in [-0.1, -0.05) is 12.1 Å². The molecule has 3 rings (SSSR count). The Labute approximate surface area is 135 Å². The highest BCUT2D eigenvalue weighted by Crippen LogP contribution is 2.29. The number of aromatic nitrogens is 1. The van der Waals surface area contributed by atoms with Gasteiger partial charge < -0.3 is 5.32 Å². The minimum absolute atomic E-state index is 0. The van der Waals surface area contributed by atoms with Gasteiger partial charge in [-0.25, -0.2) is 12.8 Å². The van der Waals surface area contributed by atoms with Crippen LogP contribution in [0.5, 0.6) is 0 Å². The predicted molar refractivity (Wildman–Crippen MR) is 85.2 cm³/mol. The number of sulfonamides is 1. The molecule has 0 amide bonds. The minimum atomic E-state index is -3.71. The number of nitrogens with zero attached hydrogens (tertiary/aromatic N) is 2. The molecule has 1 saturated heterocycles. The number of likely N-dealkylation sites (N-methyl/N-ethyl adjacent to an activating group) is 1. The Bertz CT molecular complexity index is 780. The fourth-order valence-electron chi connectivity index (χ4n) is 2.70.